The maximum atomic E-state index is 2.47. The van der Waals surface area contributed by atoms with Gasteiger partial charge in [0.15, 0.2) is 0 Å². The van der Waals surface area contributed by atoms with Gasteiger partial charge < -0.3 is 0 Å². The molecule has 0 aromatic rings. The highest BCUT2D eigenvalue weighted by Crippen LogP contribution is 2.45. The van der Waals surface area contributed by atoms with Gasteiger partial charge in [-0.2, -0.15) is 0 Å². The Kier molecular flexibility index (Phi) is 4.94. The van der Waals surface area contributed by atoms with Gasteiger partial charge in [0.1, 0.15) is 0 Å². The molecule has 2 rings (SSSR count). The van der Waals surface area contributed by atoms with Crippen LogP contribution in [0.1, 0.15) is 78.6 Å². The second kappa shape index (κ2) is 6.25. The molecule has 0 heteroatoms. The molecule has 0 radical (unpaired) electrons. The molecule has 0 aromatic heterocycles. The number of rotatable bonds is 6. The van der Waals surface area contributed by atoms with Gasteiger partial charge in [0, 0.05) is 0 Å². The zero-order valence-corrected chi connectivity index (χ0v) is 12.3. The molecule has 0 nitrogen and oxygen atoms in total. The van der Waals surface area contributed by atoms with Gasteiger partial charge in [-0.1, -0.05) is 46.5 Å². The standard InChI is InChI=1S/C17H32/c1-4-13(2)11-17(16-8-9-16)12-15-7-5-6-14(3)10-15/h13-17H,4-12H2,1-3H3. The fourth-order valence-corrected chi connectivity index (χ4v) is 3.93. The lowest BCUT2D eigenvalue weighted by Crippen LogP contribution is -2.19. The minimum absolute atomic E-state index is 0.960. The van der Waals surface area contributed by atoms with E-state index in [1.54, 1.807) is 19.3 Å². The summed E-state index contributed by atoms with van der Waals surface area (Å²) in [5.41, 5.74) is 0. The Balaban J connectivity index is 1.80. The van der Waals surface area contributed by atoms with E-state index in [1.807, 2.05) is 0 Å². The van der Waals surface area contributed by atoms with Gasteiger partial charge in [0.2, 0.25) is 0 Å². The Labute approximate surface area is 109 Å². The van der Waals surface area contributed by atoms with E-state index in [0.717, 1.165) is 29.6 Å². The molecule has 0 spiro atoms. The normalized spacial score (nSPS) is 33.4. The van der Waals surface area contributed by atoms with Crippen molar-refractivity contribution in [1.29, 1.82) is 0 Å². The zero-order valence-electron chi connectivity index (χ0n) is 12.3. The molecule has 0 heterocycles. The van der Waals surface area contributed by atoms with Gasteiger partial charge in [0.05, 0.1) is 0 Å². The molecule has 2 aliphatic rings. The van der Waals surface area contributed by atoms with Gasteiger partial charge in [-0.25, -0.2) is 0 Å². The lowest BCUT2D eigenvalue weighted by molar-refractivity contribution is 0.208. The number of hydrogen-bond donors (Lipinski definition) is 0. The van der Waals surface area contributed by atoms with Crippen LogP contribution in [0.25, 0.3) is 0 Å². The SMILES string of the molecule is CCC(C)CC(CC1CCCC(C)C1)C1CC1. The van der Waals surface area contributed by atoms with Crippen molar-refractivity contribution < 1.29 is 0 Å². The van der Waals surface area contributed by atoms with Crippen molar-refractivity contribution in [3.8, 4) is 0 Å². The highest BCUT2D eigenvalue weighted by molar-refractivity contribution is 4.85. The van der Waals surface area contributed by atoms with Crippen LogP contribution in [-0.4, -0.2) is 0 Å². The van der Waals surface area contributed by atoms with Crippen molar-refractivity contribution >= 4 is 0 Å². The van der Waals surface area contributed by atoms with Gasteiger partial charge in [-0.3, -0.25) is 0 Å². The molecule has 2 aliphatic carbocycles. The van der Waals surface area contributed by atoms with E-state index in [0.29, 0.717) is 0 Å². The van der Waals surface area contributed by atoms with Crippen molar-refractivity contribution in [1.82, 2.24) is 0 Å². The topological polar surface area (TPSA) is 0 Å². The summed E-state index contributed by atoms with van der Waals surface area (Å²) in [6.07, 6.45) is 13.6. The van der Waals surface area contributed by atoms with Crippen LogP contribution < -0.4 is 0 Å². The maximum absolute atomic E-state index is 2.47. The summed E-state index contributed by atoms with van der Waals surface area (Å²) in [5.74, 6) is 5.26. The summed E-state index contributed by atoms with van der Waals surface area (Å²) >= 11 is 0. The Morgan fingerprint density at radius 2 is 1.88 bits per heavy atom. The van der Waals surface area contributed by atoms with Crippen LogP contribution in [0.3, 0.4) is 0 Å². The van der Waals surface area contributed by atoms with E-state index in [4.69, 9.17) is 0 Å². The molecule has 0 N–H and O–H groups in total. The summed E-state index contributed by atoms with van der Waals surface area (Å²) in [6, 6.07) is 0. The van der Waals surface area contributed by atoms with Crippen molar-refractivity contribution in [3.05, 3.63) is 0 Å². The molecule has 0 saturated heterocycles. The first-order chi connectivity index (χ1) is 8.19. The van der Waals surface area contributed by atoms with E-state index < -0.39 is 0 Å². The molecule has 0 amide bonds. The summed E-state index contributed by atoms with van der Waals surface area (Å²) in [4.78, 5) is 0. The molecule has 2 saturated carbocycles. The molecular weight excluding hydrogens is 204 g/mol. The fraction of sp³-hybridized carbons (Fsp3) is 1.00. The van der Waals surface area contributed by atoms with Crippen LogP contribution in [0.5, 0.6) is 0 Å². The first-order valence-corrected chi connectivity index (χ1v) is 8.19. The minimum atomic E-state index is 0.960. The van der Waals surface area contributed by atoms with Gasteiger partial charge in [-0.15, -0.1) is 0 Å². The van der Waals surface area contributed by atoms with Crippen molar-refractivity contribution in [2.45, 2.75) is 78.6 Å². The average Bonchev–Trinajstić information content (AvgIpc) is 3.12. The third kappa shape index (κ3) is 4.30. The van der Waals surface area contributed by atoms with Gasteiger partial charge in [0.25, 0.3) is 0 Å². The van der Waals surface area contributed by atoms with E-state index in [9.17, 15) is 0 Å². The highest BCUT2D eigenvalue weighted by Gasteiger charge is 2.34. The lowest BCUT2D eigenvalue weighted by Gasteiger charge is -2.31. The third-order valence-corrected chi connectivity index (χ3v) is 5.37. The third-order valence-electron chi connectivity index (χ3n) is 5.37. The molecule has 0 aromatic carbocycles. The summed E-state index contributed by atoms with van der Waals surface area (Å²) in [7, 11) is 0. The Morgan fingerprint density at radius 1 is 1.12 bits per heavy atom. The highest BCUT2D eigenvalue weighted by atomic mass is 14.4. The van der Waals surface area contributed by atoms with Crippen LogP contribution in [0.2, 0.25) is 0 Å². The van der Waals surface area contributed by atoms with Gasteiger partial charge >= 0.3 is 0 Å². The molecule has 4 atom stereocenters. The van der Waals surface area contributed by atoms with Crippen LogP contribution in [-0.2, 0) is 0 Å². The molecule has 2 fully saturated rings. The summed E-state index contributed by atoms with van der Waals surface area (Å²) in [5, 5.41) is 0. The molecule has 4 unspecified atom stereocenters. The predicted octanol–water partition coefficient (Wildman–Crippen LogP) is 5.67. The molecule has 0 bridgehead atoms. The predicted molar refractivity (Wildman–Crippen MR) is 76.0 cm³/mol. The van der Waals surface area contributed by atoms with Crippen LogP contribution in [0.15, 0.2) is 0 Å². The first kappa shape index (κ1) is 13.4. The summed E-state index contributed by atoms with van der Waals surface area (Å²) < 4.78 is 0. The Hall–Kier alpha value is 0. The van der Waals surface area contributed by atoms with Crippen LogP contribution in [0, 0.1) is 29.6 Å². The van der Waals surface area contributed by atoms with E-state index >= 15 is 0 Å². The second-order valence-corrected chi connectivity index (χ2v) is 7.22. The molecule has 100 valence electrons. The quantitative estimate of drug-likeness (QED) is 0.558. The number of hydrogen-bond acceptors (Lipinski definition) is 0. The lowest BCUT2D eigenvalue weighted by atomic mass is 9.75. The van der Waals surface area contributed by atoms with E-state index in [-0.39, 0.29) is 0 Å². The molecular formula is C17H32. The molecule has 0 aliphatic heterocycles. The van der Waals surface area contributed by atoms with Crippen LogP contribution in [0.4, 0.5) is 0 Å². The van der Waals surface area contributed by atoms with E-state index in [2.05, 4.69) is 20.8 Å². The van der Waals surface area contributed by atoms with Crippen molar-refractivity contribution in [2.24, 2.45) is 29.6 Å². The average molecular weight is 236 g/mol. The Morgan fingerprint density at radius 3 is 2.47 bits per heavy atom. The first-order valence-electron chi connectivity index (χ1n) is 8.19. The fourth-order valence-electron chi connectivity index (χ4n) is 3.93. The second-order valence-electron chi connectivity index (χ2n) is 7.22. The van der Waals surface area contributed by atoms with Crippen molar-refractivity contribution in [3.63, 3.8) is 0 Å². The monoisotopic (exact) mass is 236 g/mol. The maximum Gasteiger partial charge on any atom is -0.0381 e. The Bertz CT molecular complexity index is 216. The van der Waals surface area contributed by atoms with Gasteiger partial charge in [-0.05, 0) is 61.7 Å². The minimum Gasteiger partial charge on any atom is -0.0651 e. The zero-order chi connectivity index (χ0) is 12.3. The smallest absolute Gasteiger partial charge is 0.0381 e. The van der Waals surface area contributed by atoms with Crippen molar-refractivity contribution in [2.75, 3.05) is 0 Å². The van der Waals surface area contributed by atoms with Crippen LogP contribution >= 0.6 is 0 Å². The molecule has 17 heavy (non-hydrogen) atoms. The largest absolute Gasteiger partial charge is 0.0651 e. The summed E-state index contributed by atoms with van der Waals surface area (Å²) in [6.45, 7) is 7.28. The van der Waals surface area contributed by atoms with E-state index in [1.165, 1.54) is 38.5 Å².